The minimum atomic E-state index is -1.03. The molecule has 0 aliphatic heterocycles. The number of hydrogen-bond acceptors (Lipinski definition) is 4. The zero-order valence-electron chi connectivity index (χ0n) is 16.4. The maximum atomic E-state index is 13.3. The van der Waals surface area contributed by atoms with Crippen molar-refractivity contribution in [3.8, 4) is 11.5 Å². The highest BCUT2D eigenvalue weighted by molar-refractivity contribution is 5.95. The van der Waals surface area contributed by atoms with Crippen molar-refractivity contribution in [2.45, 2.75) is 26.9 Å². The summed E-state index contributed by atoms with van der Waals surface area (Å²) in [7, 11) is 0. The molecule has 0 saturated heterocycles. The number of likely N-dealkylation sites (N-methyl/N-ethyl adjacent to an activating group) is 1. The fraction of sp³-hybridized carbons (Fsp3) is 0.381. The quantitative estimate of drug-likeness (QED) is 0.662. The second-order valence-electron chi connectivity index (χ2n) is 6.20. The molecule has 0 bridgehead atoms. The van der Waals surface area contributed by atoms with Gasteiger partial charge in [0.25, 0.3) is 5.91 Å². The predicted molar refractivity (Wildman–Crippen MR) is 105 cm³/mol. The van der Waals surface area contributed by atoms with Gasteiger partial charge in [0.1, 0.15) is 18.1 Å². The Morgan fingerprint density at radius 1 is 1.11 bits per heavy atom. The molecule has 2 aromatic rings. The third kappa shape index (κ3) is 6.20. The Morgan fingerprint density at radius 3 is 2.50 bits per heavy atom. The van der Waals surface area contributed by atoms with E-state index in [-0.39, 0.29) is 5.75 Å². The van der Waals surface area contributed by atoms with Crippen molar-refractivity contribution in [2.75, 3.05) is 31.6 Å². The number of carbonyl (C=O) groups excluding carboxylic acids is 1. The van der Waals surface area contributed by atoms with Gasteiger partial charge in [0.15, 0.2) is 17.7 Å². The highest BCUT2D eigenvalue weighted by Crippen LogP contribution is 2.24. The van der Waals surface area contributed by atoms with Gasteiger partial charge in [-0.1, -0.05) is 26.0 Å². The van der Waals surface area contributed by atoms with Gasteiger partial charge in [-0.3, -0.25) is 4.79 Å². The molecule has 1 unspecified atom stereocenters. The average molecular weight is 392 g/mol. The van der Waals surface area contributed by atoms with Crippen molar-refractivity contribution in [1.29, 1.82) is 0 Å². The van der Waals surface area contributed by atoms with Crippen molar-refractivity contribution in [3.05, 3.63) is 54.1 Å². The normalized spacial score (nSPS) is 11.9. The molecule has 0 fully saturated rings. The maximum absolute atomic E-state index is 13.3. The van der Waals surface area contributed by atoms with Crippen LogP contribution < -0.4 is 14.8 Å². The maximum Gasteiger partial charge on any atom is 0.265 e. The number of benzene rings is 2. The second kappa shape index (κ2) is 10.6. The smallest absolute Gasteiger partial charge is 0.265 e. The summed E-state index contributed by atoms with van der Waals surface area (Å²) in [6, 6.07) is 10.2. The summed E-state index contributed by atoms with van der Waals surface area (Å²) in [6.45, 7) is 8.87. The molecule has 28 heavy (non-hydrogen) atoms. The van der Waals surface area contributed by atoms with Crippen LogP contribution in [0, 0.1) is 11.6 Å². The molecule has 0 radical (unpaired) electrons. The van der Waals surface area contributed by atoms with Crippen molar-refractivity contribution in [2.24, 2.45) is 0 Å². The van der Waals surface area contributed by atoms with Gasteiger partial charge in [0.2, 0.25) is 0 Å². The largest absolute Gasteiger partial charge is 0.490 e. The first kappa shape index (κ1) is 21.6. The van der Waals surface area contributed by atoms with E-state index in [1.807, 2.05) is 6.07 Å². The summed E-state index contributed by atoms with van der Waals surface area (Å²) < 4.78 is 37.5. The van der Waals surface area contributed by atoms with E-state index in [2.05, 4.69) is 24.1 Å². The van der Waals surface area contributed by atoms with Crippen molar-refractivity contribution in [3.63, 3.8) is 0 Å². The lowest BCUT2D eigenvalue weighted by molar-refractivity contribution is -0.122. The van der Waals surface area contributed by atoms with Gasteiger partial charge in [0, 0.05) is 12.6 Å². The van der Waals surface area contributed by atoms with Gasteiger partial charge in [-0.15, -0.1) is 0 Å². The Balaban J connectivity index is 1.96. The summed E-state index contributed by atoms with van der Waals surface area (Å²) in [5.41, 5.74) is 0.521. The topological polar surface area (TPSA) is 50.8 Å². The van der Waals surface area contributed by atoms with E-state index in [1.54, 1.807) is 18.2 Å². The Kier molecular flexibility index (Phi) is 8.19. The fourth-order valence-electron chi connectivity index (χ4n) is 2.56. The van der Waals surface area contributed by atoms with E-state index in [0.29, 0.717) is 18.0 Å². The van der Waals surface area contributed by atoms with Crippen LogP contribution in [0.5, 0.6) is 11.5 Å². The van der Waals surface area contributed by atoms with Gasteiger partial charge in [-0.05, 0) is 44.3 Å². The zero-order valence-corrected chi connectivity index (χ0v) is 16.4. The van der Waals surface area contributed by atoms with Crippen LogP contribution in [0.4, 0.5) is 14.5 Å². The molecule has 7 heteroatoms. The zero-order chi connectivity index (χ0) is 20.5. The molecule has 1 N–H and O–H groups in total. The average Bonchev–Trinajstić information content (AvgIpc) is 2.69. The van der Waals surface area contributed by atoms with Gasteiger partial charge in [-0.2, -0.15) is 0 Å². The first-order valence-electron chi connectivity index (χ1n) is 9.31. The number of anilines is 1. The van der Waals surface area contributed by atoms with E-state index in [0.717, 1.165) is 31.8 Å². The van der Waals surface area contributed by atoms with Crippen LogP contribution >= 0.6 is 0 Å². The van der Waals surface area contributed by atoms with Crippen LogP contribution in [-0.2, 0) is 4.79 Å². The van der Waals surface area contributed by atoms with E-state index < -0.39 is 23.6 Å². The summed E-state index contributed by atoms with van der Waals surface area (Å²) in [5, 5.41) is 2.75. The molecule has 5 nitrogen and oxygen atoms in total. The Bertz CT molecular complexity index is 782. The van der Waals surface area contributed by atoms with Gasteiger partial charge >= 0.3 is 0 Å². The van der Waals surface area contributed by atoms with E-state index in [9.17, 15) is 13.6 Å². The SMILES string of the molecule is CCN(CC)CCOc1ccccc1NC(=O)C(C)Oc1ccc(F)c(F)c1. The van der Waals surface area contributed by atoms with Crippen LogP contribution in [0.2, 0.25) is 0 Å². The monoisotopic (exact) mass is 392 g/mol. The predicted octanol–water partition coefficient (Wildman–Crippen LogP) is 4.09. The molecule has 2 rings (SSSR count). The Labute approximate surface area is 164 Å². The number of rotatable bonds is 10. The van der Waals surface area contributed by atoms with Gasteiger partial charge in [-0.25, -0.2) is 8.78 Å². The Morgan fingerprint density at radius 2 is 1.82 bits per heavy atom. The molecule has 152 valence electrons. The second-order valence-corrected chi connectivity index (χ2v) is 6.20. The fourth-order valence-corrected chi connectivity index (χ4v) is 2.56. The first-order valence-corrected chi connectivity index (χ1v) is 9.31. The van der Waals surface area contributed by atoms with E-state index in [1.165, 1.54) is 13.0 Å². The van der Waals surface area contributed by atoms with Crippen LogP contribution in [0.25, 0.3) is 0 Å². The highest BCUT2D eigenvalue weighted by atomic mass is 19.2. The van der Waals surface area contributed by atoms with Gasteiger partial charge in [0.05, 0.1) is 5.69 Å². The molecule has 1 atom stereocenters. The molecule has 0 aliphatic rings. The summed E-state index contributed by atoms with van der Waals surface area (Å²) in [6.07, 6.45) is -0.909. The molecule has 0 heterocycles. The molecule has 0 aromatic heterocycles. The lowest BCUT2D eigenvalue weighted by Gasteiger charge is -2.20. The molecular formula is C21H26F2N2O3. The highest BCUT2D eigenvalue weighted by Gasteiger charge is 2.17. The number of halogens is 2. The van der Waals surface area contributed by atoms with Crippen molar-refractivity contribution in [1.82, 2.24) is 4.90 Å². The van der Waals surface area contributed by atoms with Crippen molar-refractivity contribution < 1.29 is 23.0 Å². The molecule has 0 saturated carbocycles. The lowest BCUT2D eigenvalue weighted by Crippen LogP contribution is -2.30. The molecule has 1 amide bonds. The summed E-state index contributed by atoms with van der Waals surface area (Å²) >= 11 is 0. The van der Waals surface area contributed by atoms with E-state index in [4.69, 9.17) is 9.47 Å². The molecule has 0 spiro atoms. The Hall–Kier alpha value is -2.67. The molecule has 2 aromatic carbocycles. The number of carbonyl (C=O) groups is 1. The molecule has 0 aliphatic carbocycles. The summed E-state index contributed by atoms with van der Waals surface area (Å²) in [5.74, 6) is -1.80. The van der Waals surface area contributed by atoms with Crippen LogP contribution in [0.1, 0.15) is 20.8 Å². The molecular weight excluding hydrogens is 366 g/mol. The number of nitrogens with zero attached hydrogens (tertiary/aromatic N) is 1. The van der Waals surface area contributed by atoms with Crippen molar-refractivity contribution >= 4 is 11.6 Å². The number of para-hydroxylation sites is 2. The number of nitrogens with one attached hydrogen (secondary N) is 1. The van der Waals surface area contributed by atoms with Gasteiger partial charge < -0.3 is 19.7 Å². The number of ether oxygens (including phenoxy) is 2. The minimum absolute atomic E-state index is 0.0744. The standard InChI is InChI=1S/C21H26F2N2O3/c1-4-25(5-2)12-13-27-20-9-7-6-8-19(20)24-21(26)15(3)28-16-10-11-17(22)18(23)14-16/h6-11,14-15H,4-5,12-13H2,1-3H3,(H,24,26). The van der Waals surface area contributed by atoms with Crippen LogP contribution in [0.15, 0.2) is 42.5 Å². The third-order valence-electron chi connectivity index (χ3n) is 4.28. The summed E-state index contributed by atoms with van der Waals surface area (Å²) in [4.78, 5) is 14.7. The lowest BCUT2D eigenvalue weighted by atomic mass is 10.2. The minimum Gasteiger partial charge on any atom is -0.490 e. The first-order chi connectivity index (χ1) is 13.4. The van der Waals surface area contributed by atoms with Crippen LogP contribution in [0.3, 0.4) is 0 Å². The third-order valence-corrected chi connectivity index (χ3v) is 4.28. The number of amides is 1. The van der Waals surface area contributed by atoms with Crippen LogP contribution in [-0.4, -0.2) is 43.2 Å². The van der Waals surface area contributed by atoms with E-state index >= 15 is 0 Å². The number of hydrogen-bond donors (Lipinski definition) is 1.